The van der Waals surface area contributed by atoms with E-state index in [9.17, 15) is 4.79 Å². The van der Waals surface area contributed by atoms with E-state index in [1.54, 1.807) is 6.20 Å². The normalized spacial score (nSPS) is 21.3. The SMILES string of the molecule is Cc1[nH]ccc1C(=O)NC1CCCNC1. The van der Waals surface area contributed by atoms with Crippen LogP contribution in [-0.4, -0.2) is 30.0 Å². The van der Waals surface area contributed by atoms with E-state index in [0.717, 1.165) is 37.2 Å². The summed E-state index contributed by atoms with van der Waals surface area (Å²) in [6, 6.07) is 2.10. The summed E-state index contributed by atoms with van der Waals surface area (Å²) in [4.78, 5) is 14.8. The Balaban J connectivity index is 1.94. The highest BCUT2D eigenvalue weighted by molar-refractivity contribution is 5.95. The molecule has 4 nitrogen and oxygen atoms in total. The van der Waals surface area contributed by atoms with E-state index in [4.69, 9.17) is 0 Å². The van der Waals surface area contributed by atoms with Gasteiger partial charge in [-0.05, 0) is 32.4 Å². The maximum absolute atomic E-state index is 11.8. The number of aromatic nitrogens is 1. The molecule has 1 aliphatic rings. The Kier molecular flexibility index (Phi) is 3.06. The number of H-pyrrole nitrogens is 1. The van der Waals surface area contributed by atoms with Crippen LogP contribution in [0.3, 0.4) is 0 Å². The maximum Gasteiger partial charge on any atom is 0.253 e. The molecule has 2 rings (SSSR count). The van der Waals surface area contributed by atoms with E-state index < -0.39 is 0 Å². The van der Waals surface area contributed by atoms with Crippen molar-refractivity contribution in [1.82, 2.24) is 15.6 Å². The number of nitrogens with one attached hydrogen (secondary N) is 3. The minimum absolute atomic E-state index is 0.0300. The highest BCUT2D eigenvalue weighted by Crippen LogP contribution is 2.07. The van der Waals surface area contributed by atoms with Gasteiger partial charge in [0.05, 0.1) is 5.56 Å². The minimum Gasteiger partial charge on any atom is -0.365 e. The quantitative estimate of drug-likeness (QED) is 0.672. The number of piperidine rings is 1. The molecular formula is C11H17N3O. The largest absolute Gasteiger partial charge is 0.365 e. The van der Waals surface area contributed by atoms with Crippen LogP contribution in [0.4, 0.5) is 0 Å². The van der Waals surface area contributed by atoms with Crippen LogP contribution in [-0.2, 0) is 0 Å². The second-order valence-corrected chi connectivity index (χ2v) is 4.03. The fourth-order valence-electron chi connectivity index (χ4n) is 1.94. The third-order valence-electron chi connectivity index (χ3n) is 2.83. The average molecular weight is 207 g/mol. The molecular weight excluding hydrogens is 190 g/mol. The van der Waals surface area contributed by atoms with Gasteiger partial charge >= 0.3 is 0 Å². The van der Waals surface area contributed by atoms with E-state index in [-0.39, 0.29) is 11.9 Å². The minimum atomic E-state index is 0.0300. The van der Waals surface area contributed by atoms with Crippen molar-refractivity contribution in [2.24, 2.45) is 0 Å². The van der Waals surface area contributed by atoms with Crippen molar-refractivity contribution in [3.63, 3.8) is 0 Å². The number of aromatic amines is 1. The topological polar surface area (TPSA) is 56.9 Å². The van der Waals surface area contributed by atoms with Gasteiger partial charge in [-0.2, -0.15) is 0 Å². The van der Waals surface area contributed by atoms with E-state index >= 15 is 0 Å². The molecule has 1 aliphatic heterocycles. The van der Waals surface area contributed by atoms with Crippen LogP contribution in [0.15, 0.2) is 12.3 Å². The summed E-state index contributed by atoms with van der Waals surface area (Å²) < 4.78 is 0. The Morgan fingerprint density at radius 2 is 2.47 bits per heavy atom. The van der Waals surface area contributed by atoms with Crippen molar-refractivity contribution >= 4 is 5.91 Å². The molecule has 1 atom stereocenters. The van der Waals surface area contributed by atoms with Crippen LogP contribution >= 0.6 is 0 Å². The molecule has 2 heterocycles. The van der Waals surface area contributed by atoms with Crippen LogP contribution in [0.1, 0.15) is 28.9 Å². The molecule has 1 unspecified atom stereocenters. The lowest BCUT2D eigenvalue weighted by atomic mass is 10.1. The van der Waals surface area contributed by atoms with Gasteiger partial charge in [0.25, 0.3) is 5.91 Å². The van der Waals surface area contributed by atoms with Crippen LogP contribution < -0.4 is 10.6 Å². The number of carbonyl (C=O) groups is 1. The van der Waals surface area contributed by atoms with Gasteiger partial charge in [0.2, 0.25) is 0 Å². The third-order valence-corrected chi connectivity index (χ3v) is 2.83. The second kappa shape index (κ2) is 4.49. The molecule has 0 bridgehead atoms. The fourth-order valence-corrected chi connectivity index (χ4v) is 1.94. The smallest absolute Gasteiger partial charge is 0.253 e. The zero-order valence-corrected chi connectivity index (χ0v) is 8.97. The first-order valence-electron chi connectivity index (χ1n) is 5.43. The lowest BCUT2D eigenvalue weighted by Crippen LogP contribution is -2.45. The molecule has 4 heteroatoms. The number of rotatable bonds is 2. The van der Waals surface area contributed by atoms with Gasteiger partial charge in [0.15, 0.2) is 0 Å². The number of amides is 1. The summed E-state index contributed by atoms with van der Waals surface area (Å²) in [5, 5.41) is 6.32. The summed E-state index contributed by atoms with van der Waals surface area (Å²) in [5.41, 5.74) is 1.68. The van der Waals surface area contributed by atoms with Crippen LogP contribution in [0.2, 0.25) is 0 Å². The van der Waals surface area contributed by atoms with E-state index in [1.165, 1.54) is 0 Å². The van der Waals surface area contributed by atoms with Gasteiger partial charge in [0.1, 0.15) is 0 Å². The van der Waals surface area contributed by atoms with Crippen LogP contribution in [0.5, 0.6) is 0 Å². The summed E-state index contributed by atoms with van der Waals surface area (Å²) in [5.74, 6) is 0.0300. The van der Waals surface area contributed by atoms with Crippen molar-refractivity contribution in [2.45, 2.75) is 25.8 Å². The highest BCUT2D eigenvalue weighted by atomic mass is 16.1. The first-order chi connectivity index (χ1) is 7.27. The third kappa shape index (κ3) is 2.39. The molecule has 0 radical (unpaired) electrons. The Bertz CT molecular complexity index is 339. The molecule has 1 amide bonds. The summed E-state index contributed by atoms with van der Waals surface area (Å²) in [6.45, 7) is 3.86. The van der Waals surface area contributed by atoms with E-state index in [2.05, 4.69) is 15.6 Å². The number of carbonyl (C=O) groups excluding carboxylic acids is 1. The van der Waals surface area contributed by atoms with Gasteiger partial charge in [-0.25, -0.2) is 0 Å². The Morgan fingerprint density at radius 3 is 3.07 bits per heavy atom. The van der Waals surface area contributed by atoms with Crippen molar-refractivity contribution in [1.29, 1.82) is 0 Å². The first kappa shape index (κ1) is 10.2. The zero-order chi connectivity index (χ0) is 10.7. The predicted molar refractivity (Wildman–Crippen MR) is 58.9 cm³/mol. The standard InChI is InChI=1S/C11H17N3O/c1-8-10(4-6-13-8)11(15)14-9-3-2-5-12-7-9/h4,6,9,12-13H,2-3,5,7H2,1H3,(H,14,15). The molecule has 3 N–H and O–H groups in total. The van der Waals surface area contributed by atoms with Crippen LogP contribution in [0, 0.1) is 6.92 Å². The Hall–Kier alpha value is -1.29. The second-order valence-electron chi connectivity index (χ2n) is 4.03. The number of hydrogen-bond donors (Lipinski definition) is 3. The van der Waals surface area contributed by atoms with Crippen LogP contribution in [0.25, 0.3) is 0 Å². The lowest BCUT2D eigenvalue weighted by Gasteiger charge is -2.23. The highest BCUT2D eigenvalue weighted by Gasteiger charge is 2.17. The molecule has 0 aromatic carbocycles. The van der Waals surface area contributed by atoms with Crippen molar-refractivity contribution < 1.29 is 4.79 Å². The summed E-state index contributed by atoms with van der Waals surface area (Å²) in [7, 11) is 0. The monoisotopic (exact) mass is 207 g/mol. The Labute approximate surface area is 89.5 Å². The molecule has 1 aromatic rings. The first-order valence-corrected chi connectivity index (χ1v) is 5.43. The van der Waals surface area contributed by atoms with Gasteiger partial charge in [-0.3, -0.25) is 4.79 Å². The van der Waals surface area contributed by atoms with Gasteiger partial charge in [-0.15, -0.1) is 0 Å². The van der Waals surface area contributed by atoms with Gasteiger partial charge in [0, 0.05) is 24.5 Å². The molecule has 15 heavy (non-hydrogen) atoms. The molecule has 1 fully saturated rings. The Morgan fingerprint density at radius 1 is 1.60 bits per heavy atom. The molecule has 1 aromatic heterocycles. The molecule has 0 saturated carbocycles. The summed E-state index contributed by atoms with van der Waals surface area (Å²) >= 11 is 0. The molecule has 0 aliphatic carbocycles. The van der Waals surface area contributed by atoms with Crippen molar-refractivity contribution in [3.8, 4) is 0 Å². The molecule has 1 saturated heterocycles. The molecule has 0 spiro atoms. The predicted octanol–water partition coefficient (Wildman–Crippen LogP) is 0.805. The fraction of sp³-hybridized carbons (Fsp3) is 0.545. The van der Waals surface area contributed by atoms with Crippen molar-refractivity contribution in [3.05, 3.63) is 23.5 Å². The summed E-state index contributed by atoms with van der Waals surface area (Å²) in [6.07, 6.45) is 4.00. The zero-order valence-electron chi connectivity index (χ0n) is 8.97. The van der Waals surface area contributed by atoms with Gasteiger partial charge in [-0.1, -0.05) is 0 Å². The van der Waals surface area contributed by atoms with Crippen molar-refractivity contribution in [2.75, 3.05) is 13.1 Å². The molecule has 82 valence electrons. The van der Waals surface area contributed by atoms with E-state index in [1.807, 2.05) is 13.0 Å². The average Bonchev–Trinajstić information content (AvgIpc) is 2.66. The number of aryl methyl sites for hydroxylation is 1. The van der Waals surface area contributed by atoms with Gasteiger partial charge < -0.3 is 15.6 Å². The number of hydrogen-bond acceptors (Lipinski definition) is 2. The van der Waals surface area contributed by atoms with E-state index in [0.29, 0.717) is 0 Å². The maximum atomic E-state index is 11.8. The lowest BCUT2D eigenvalue weighted by molar-refractivity contribution is 0.0930.